The number of carboxylic acid groups (broad SMARTS) is 2. The zero-order valence-corrected chi connectivity index (χ0v) is 48.8. The molecule has 0 fully saturated rings. The summed E-state index contributed by atoms with van der Waals surface area (Å²) in [6.07, 6.45) is 0.912. The number of benzene rings is 2. The van der Waals surface area contributed by atoms with Gasteiger partial charge in [0.1, 0.15) is 19.6 Å². The van der Waals surface area contributed by atoms with Gasteiger partial charge in [0, 0.05) is 61.5 Å². The third-order valence-electron chi connectivity index (χ3n) is 14.2. The number of phosphoric ester groups is 1. The van der Waals surface area contributed by atoms with E-state index in [1.807, 2.05) is 6.92 Å². The molecule has 0 spiro atoms. The maximum absolute atomic E-state index is 14.6. The molecule has 4 amide bonds. The minimum atomic E-state index is -5.37. The average Bonchev–Trinajstić information content (AvgIpc) is 3.45. The molecule has 458 valence electrons. The van der Waals surface area contributed by atoms with E-state index in [4.69, 9.17) is 22.9 Å². The Labute approximate surface area is 485 Å². The largest absolute Gasteiger partial charge is 0.780 e. The summed E-state index contributed by atoms with van der Waals surface area (Å²) in [6.45, 7) is 3.82. The summed E-state index contributed by atoms with van der Waals surface area (Å²) < 4.78 is 15.5. The summed E-state index contributed by atoms with van der Waals surface area (Å²) in [7, 11) is -5.37. The first-order chi connectivity index (χ1) is 38.9. The van der Waals surface area contributed by atoms with Crippen LogP contribution in [0.3, 0.4) is 0 Å². The number of phosphoric acid groups is 1. The fourth-order valence-corrected chi connectivity index (χ4v) is 9.68. The predicted molar refractivity (Wildman–Crippen MR) is 304 cm³/mol. The summed E-state index contributed by atoms with van der Waals surface area (Å²) >= 11 is 4.03. The number of amides is 4. The zero-order valence-electron chi connectivity index (χ0n) is 47.0. The lowest BCUT2D eigenvalue weighted by Gasteiger charge is -2.29. The van der Waals surface area contributed by atoms with Crippen molar-refractivity contribution in [1.29, 1.82) is 0 Å². The molecule has 0 radical (unpaired) electrons. The third-order valence-corrected chi connectivity index (χ3v) is 15.0. The Bertz CT molecular complexity index is 2430. The van der Waals surface area contributed by atoms with Crippen LogP contribution in [-0.2, 0) is 65.4 Å². The lowest BCUT2D eigenvalue weighted by Crippen LogP contribution is -2.49. The Balaban J connectivity index is 2.45. The number of carboxylic acids is 2. The maximum atomic E-state index is 14.6. The summed E-state index contributed by atoms with van der Waals surface area (Å²) in [5, 5.41) is 29.7. The van der Waals surface area contributed by atoms with Crippen molar-refractivity contribution >= 4 is 79.2 Å². The van der Waals surface area contributed by atoms with E-state index < -0.39 is 140 Å². The molecule has 0 aromatic heterocycles. The van der Waals surface area contributed by atoms with Crippen LogP contribution in [0.1, 0.15) is 128 Å². The van der Waals surface area contributed by atoms with E-state index in [1.165, 1.54) is 24.3 Å². The number of unbranched alkanes of at least 4 members (excludes halogenated alkanes) is 3. The first-order valence-electron chi connectivity index (χ1n) is 27.9. The number of nitrogens with two attached hydrogens (primary N) is 4. The van der Waals surface area contributed by atoms with Gasteiger partial charge in [0.05, 0.1) is 24.7 Å². The molecule has 0 unspecified atom stereocenters. The molecule has 82 heavy (non-hydrogen) atoms. The molecular formula is C56H85N8O16PS-2. The lowest BCUT2D eigenvalue weighted by atomic mass is 9.87. The van der Waals surface area contributed by atoms with Crippen LogP contribution in [0.5, 0.6) is 5.75 Å². The van der Waals surface area contributed by atoms with E-state index in [-0.39, 0.29) is 81.9 Å². The topological polar surface area (TPSA) is 436 Å². The van der Waals surface area contributed by atoms with Crippen molar-refractivity contribution in [2.45, 2.75) is 154 Å². The Hall–Kier alpha value is -5.92. The first kappa shape index (κ1) is 72.2. The van der Waals surface area contributed by atoms with E-state index in [9.17, 15) is 72.5 Å². The van der Waals surface area contributed by atoms with E-state index >= 15 is 0 Å². The zero-order chi connectivity index (χ0) is 61.4. The Kier molecular flexibility index (Phi) is 34.1. The van der Waals surface area contributed by atoms with Gasteiger partial charge in [0.25, 0.3) is 0 Å². The molecule has 0 aliphatic heterocycles. The number of carbonyl (C=O) groups excluding carboxylic acids is 8. The van der Waals surface area contributed by atoms with Crippen molar-refractivity contribution in [2.75, 3.05) is 31.9 Å². The molecule has 0 heterocycles. The lowest BCUT2D eigenvalue weighted by molar-refractivity contribution is -0.333. The Morgan fingerprint density at radius 1 is 0.598 bits per heavy atom. The highest BCUT2D eigenvalue weighted by Crippen LogP contribution is 2.30. The van der Waals surface area contributed by atoms with Gasteiger partial charge < -0.3 is 73.3 Å². The van der Waals surface area contributed by atoms with E-state index in [2.05, 4.69) is 38.4 Å². The van der Waals surface area contributed by atoms with Crippen LogP contribution < -0.4 is 58.5 Å². The van der Waals surface area contributed by atoms with Crippen molar-refractivity contribution in [3.05, 3.63) is 65.7 Å². The second kappa shape index (κ2) is 38.8. The van der Waals surface area contributed by atoms with E-state index in [1.54, 1.807) is 37.3 Å². The summed E-state index contributed by atoms with van der Waals surface area (Å²) in [5.41, 5.74) is 24.5. The summed E-state index contributed by atoms with van der Waals surface area (Å²) in [6, 6.07) is 9.03. The monoisotopic (exact) mass is 1190 g/mol. The molecule has 26 heteroatoms. The van der Waals surface area contributed by atoms with E-state index in [0.29, 0.717) is 62.6 Å². The van der Waals surface area contributed by atoms with Crippen LogP contribution in [-0.4, -0.2) is 125 Å². The fraction of sp³-hybridized carbons (Fsp3) is 0.607. The standard InChI is InChI=1S/C56H87N8O16PS/c1-3-35(2)51(60)49(68)32-41(27-37-18-21-43(22-19-37)80-81(77,78)79)52(71)61-33-42(65)29-40(20-23-50(69)70)55(74)63-45(28-36-13-5-4-6-14-36)48(67)31-39(16-8-11-25-58)53(72)62-44(17-9-12-26-59)47(66)30-38(15-7-10-24-57)54(73)64-46(34-82)56(75)76/h4-6,13-14,18-19,21-22,35,38-41,44-46,51,82H,3,7-12,15-17,20,23-34,57-60H2,1-2H3,(H,61,71)(H,62,72)(H,63,74)(H,64,73)(H,69,70)(H,75,76)(H2,77,78,79)/p-2/t35-,38+,39+,40+,41+,44-,45-,46-,51-/m0/s1. The molecule has 2 aromatic carbocycles. The molecule has 0 aliphatic rings. The molecule has 24 nitrogen and oxygen atoms in total. The first-order valence-corrected chi connectivity index (χ1v) is 30.0. The van der Waals surface area contributed by atoms with Gasteiger partial charge in [-0.3, -0.25) is 43.2 Å². The molecule has 0 bridgehead atoms. The number of aliphatic carboxylic acids is 2. The number of hydrogen-bond donors (Lipinski definition) is 11. The average molecular weight is 1190 g/mol. The molecule has 0 saturated carbocycles. The third kappa shape index (κ3) is 28.4. The molecule has 2 aromatic rings. The minimum absolute atomic E-state index is 0.0867. The van der Waals surface area contributed by atoms with E-state index in [0.717, 1.165) is 0 Å². The number of hydrogen-bond acceptors (Lipinski definition) is 19. The molecular weight excluding hydrogens is 1100 g/mol. The van der Waals surface area contributed by atoms with Crippen molar-refractivity contribution in [3.8, 4) is 5.75 Å². The van der Waals surface area contributed by atoms with Gasteiger partial charge in [-0.1, -0.05) is 75.6 Å². The second-order valence-electron chi connectivity index (χ2n) is 20.7. The molecule has 0 saturated heterocycles. The van der Waals surface area contributed by atoms with Gasteiger partial charge in [0.15, 0.2) is 23.1 Å². The van der Waals surface area contributed by atoms with Crippen LogP contribution in [0.4, 0.5) is 0 Å². The van der Waals surface area contributed by atoms with Crippen molar-refractivity contribution < 1.29 is 77.0 Å². The summed E-state index contributed by atoms with van der Waals surface area (Å²) in [5.74, 6) is -13.0. The molecule has 9 atom stereocenters. The number of nitrogens with one attached hydrogen (secondary N) is 4. The highest BCUT2D eigenvalue weighted by atomic mass is 32.1. The van der Waals surface area contributed by atoms with Gasteiger partial charge >= 0.3 is 11.9 Å². The fourth-order valence-electron chi connectivity index (χ4n) is 9.06. The van der Waals surface area contributed by atoms with Crippen molar-refractivity contribution in [2.24, 2.45) is 52.5 Å². The molecule has 2 rings (SSSR count). The number of thiol groups is 1. The van der Waals surface area contributed by atoms with Crippen LogP contribution in [0.2, 0.25) is 0 Å². The second-order valence-corrected chi connectivity index (χ2v) is 22.2. The minimum Gasteiger partial charge on any atom is -0.780 e. The number of carbonyl (C=O) groups is 10. The van der Waals surface area contributed by atoms with Crippen LogP contribution in [0.25, 0.3) is 0 Å². The smallest absolute Gasteiger partial charge is 0.327 e. The van der Waals surface area contributed by atoms with Gasteiger partial charge in [0.2, 0.25) is 23.6 Å². The normalized spacial score (nSPS) is 14.7. The van der Waals surface area contributed by atoms with Gasteiger partial charge in [-0.05, 0) is 113 Å². The van der Waals surface area contributed by atoms with Crippen molar-refractivity contribution in [1.82, 2.24) is 21.3 Å². The highest BCUT2D eigenvalue weighted by Gasteiger charge is 2.35. The van der Waals surface area contributed by atoms with Gasteiger partial charge in [-0.2, -0.15) is 12.6 Å². The van der Waals surface area contributed by atoms with Crippen molar-refractivity contribution in [3.63, 3.8) is 0 Å². The predicted octanol–water partition coefficient (Wildman–Crippen LogP) is 1.19. The SMILES string of the molecule is CC[C@H](C)[C@H](N)C(=O)C[C@@H](Cc1ccc(OP(=O)([O-])[O-])cc1)C(=O)NCC(=O)C[C@@H](CCC(=O)O)C(=O)N[C@@H](Cc1ccccc1)C(=O)C[C@@H](CCCCN)C(=O)N[C@@H](CCCCN)C(=O)C[C@@H](CCCCN)C(=O)N[C@@H](CS)C(=O)O. The van der Waals surface area contributed by atoms with Crippen LogP contribution in [0, 0.1) is 29.6 Å². The molecule has 14 N–H and O–H groups in total. The Morgan fingerprint density at radius 2 is 1.07 bits per heavy atom. The highest BCUT2D eigenvalue weighted by molar-refractivity contribution is 7.80. The Morgan fingerprint density at radius 3 is 1.56 bits per heavy atom. The van der Waals surface area contributed by atoms with Crippen LogP contribution in [0.15, 0.2) is 54.6 Å². The van der Waals surface area contributed by atoms with Gasteiger partial charge in [-0.15, -0.1) is 0 Å². The number of Topliss-reactive ketones (excluding diaryl/α,β-unsaturated/α-hetero) is 4. The van der Waals surface area contributed by atoms with Gasteiger partial charge in [-0.25, -0.2) is 4.79 Å². The van der Waals surface area contributed by atoms with Crippen LogP contribution >= 0.6 is 20.5 Å². The maximum Gasteiger partial charge on any atom is 0.327 e. The molecule has 0 aliphatic carbocycles. The summed E-state index contributed by atoms with van der Waals surface area (Å²) in [4.78, 5) is 158. The quantitative estimate of drug-likeness (QED) is 0.0252. The number of ketones is 4. The number of rotatable bonds is 45.